The maximum atomic E-state index is 10.0. The van der Waals surface area contributed by atoms with Gasteiger partial charge in [0, 0.05) is 43.9 Å². The molecule has 6 nitrogen and oxygen atoms in total. The first-order valence-electron chi connectivity index (χ1n) is 15.0. The highest BCUT2D eigenvalue weighted by atomic mass is 16.3. The molecule has 0 atom stereocenters. The van der Waals surface area contributed by atoms with E-state index in [1.54, 1.807) is 0 Å². The Bertz CT molecular complexity index is 2650. The molecule has 3 heterocycles. The van der Waals surface area contributed by atoms with Crippen molar-refractivity contribution in [2.24, 2.45) is 0 Å². The van der Waals surface area contributed by atoms with Gasteiger partial charge in [0.2, 0.25) is 0 Å². The Kier molecular flexibility index (Phi) is 5.77. The molecule has 6 aromatic carbocycles. The third-order valence-electron chi connectivity index (χ3n) is 8.50. The van der Waals surface area contributed by atoms with E-state index in [2.05, 4.69) is 77.4 Å². The molecule has 9 rings (SSSR count). The molecule has 0 N–H and O–H groups in total. The Morgan fingerprint density at radius 1 is 0.522 bits per heavy atom. The normalized spacial score (nSPS) is 11.5. The minimum atomic E-state index is 0.504. The molecule has 0 unspecified atom stereocenters. The second kappa shape index (κ2) is 10.3. The quantitative estimate of drug-likeness (QED) is 0.204. The fourth-order valence-electron chi connectivity index (χ4n) is 6.52. The Labute approximate surface area is 263 Å². The van der Waals surface area contributed by atoms with Crippen molar-refractivity contribution in [1.29, 1.82) is 5.26 Å². The zero-order valence-corrected chi connectivity index (χ0v) is 24.4. The Balaban J connectivity index is 1.39. The number of fused-ring (bicyclic) bond motifs is 6. The molecule has 3 aromatic heterocycles. The van der Waals surface area contributed by atoms with Crippen molar-refractivity contribution in [3.05, 3.63) is 145 Å². The summed E-state index contributed by atoms with van der Waals surface area (Å²) in [6, 6.07) is 48.8. The molecule has 0 saturated heterocycles. The van der Waals surface area contributed by atoms with E-state index in [9.17, 15) is 5.26 Å². The monoisotopic (exact) mass is 589 g/mol. The summed E-state index contributed by atoms with van der Waals surface area (Å²) in [6.07, 6.45) is 0. The Morgan fingerprint density at radius 3 is 1.93 bits per heavy atom. The predicted octanol–water partition coefficient (Wildman–Crippen LogP) is 9.74. The van der Waals surface area contributed by atoms with Gasteiger partial charge in [-0.2, -0.15) is 5.26 Å². The summed E-state index contributed by atoms with van der Waals surface area (Å²) in [7, 11) is 0. The van der Waals surface area contributed by atoms with E-state index in [0.717, 1.165) is 55.0 Å². The molecule has 9 aromatic rings. The summed E-state index contributed by atoms with van der Waals surface area (Å²) < 4.78 is 8.50. The topological polar surface area (TPSA) is 80.5 Å². The fraction of sp³-hybridized carbons (Fsp3) is 0. The molecule has 0 aliphatic carbocycles. The van der Waals surface area contributed by atoms with Gasteiger partial charge < -0.3 is 8.98 Å². The van der Waals surface area contributed by atoms with Crippen molar-refractivity contribution >= 4 is 43.7 Å². The van der Waals surface area contributed by atoms with Crippen molar-refractivity contribution in [1.82, 2.24) is 19.5 Å². The van der Waals surface area contributed by atoms with Crippen LogP contribution >= 0.6 is 0 Å². The maximum Gasteiger partial charge on any atom is 0.166 e. The van der Waals surface area contributed by atoms with E-state index < -0.39 is 0 Å². The summed E-state index contributed by atoms with van der Waals surface area (Å²) >= 11 is 0. The second-order valence-corrected chi connectivity index (χ2v) is 11.1. The minimum absolute atomic E-state index is 0.504. The van der Waals surface area contributed by atoms with Gasteiger partial charge in [0.25, 0.3) is 0 Å². The lowest BCUT2D eigenvalue weighted by atomic mass is 10.0. The van der Waals surface area contributed by atoms with Gasteiger partial charge in [-0.05, 0) is 42.5 Å². The lowest BCUT2D eigenvalue weighted by Crippen LogP contribution is -2.02. The van der Waals surface area contributed by atoms with Crippen LogP contribution in [-0.4, -0.2) is 19.5 Å². The van der Waals surface area contributed by atoms with Crippen LogP contribution in [0, 0.1) is 11.3 Å². The Hall–Kier alpha value is -6.58. The third kappa shape index (κ3) is 3.93. The summed E-state index contributed by atoms with van der Waals surface area (Å²) in [4.78, 5) is 15.3. The van der Waals surface area contributed by atoms with Gasteiger partial charge >= 0.3 is 0 Å². The van der Waals surface area contributed by atoms with E-state index >= 15 is 0 Å². The van der Waals surface area contributed by atoms with Gasteiger partial charge in [0.15, 0.2) is 17.5 Å². The zero-order chi connectivity index (χ0) is 30.6. The number of rotatable bonds is 4. The lowest BCUT2D eigenvalue weighted by molar-refractivity contribution is 0.669. The average molecular weight is 590 g/mol. The first kappa shape index (κ1) is 25.9. The molecule has 214 valence electrons. The number of nitrogens with zero attached hydrogens (tertiary/aromatic N) is 5. The van der Waals surface area contributed by atoms with Gasteiger partial charge in [0.05, 0.1) is 22.7 Å². The van der Waals surface area contributed by atoms with Gasteiger partial charge in [-0.15, -0.1) is 0 Å². The van der Waals surface area contributed by atoms with Crippen LogP contribution in [0.15, 0.2) is 144 Å². The molecule has 0 aliphatic rings. The third-order valence-corrected chi connectivity index (χ3v) is 8.50. The van der Waals surface area contributed by atoms with Crippen LogP contribution in [0.1, 0.15) is 5.56 Å². The predicted molar refractivity (Wildman–Crippen MR) is 182 cm³/mol. The van der Waals surface area contributed by atoms with E-state index in [0.29, 0.717) is 34.2 Å². The molecule has 0 saturated carbocycles. The van der Waals surface area contributed by atoms with Crippen molar-refractivity contribution in [2.45, 2.75) is 0 Å². The average Bonchev–Trinajstić information content (AvgIpc) is 3.68. The SMILES string of the molecule is N#Cc1cccc2oc3cccc(-c4nc(-c5ccccc5)nc(-c5cccc6c7ccccc7n(-c7ccccc7)c56)n4)c3c12. The first-order valence-corrected chi connectivity index (χ1v) is 15.0. The Morgan fingerprint density at radius 2 is 1.13 bits per heavy atom. The molecular formula is C40H23N5O. The molecule has 0 spiro atoms. The smallest absolute Gasteiger partial charge is 0.166 e. The number of benzene rings is 6. The fourth-order valence-corrected chi connectivity index (χ4v) is 6.52. The van der Waals surface area contributed by atoms with Gasteiger partial charge in [-0.1, -0.05) is 97.1 Å². The van der Waals surface area contributed by atoms with E-state index in [4.69, 9.17) is 19.4 Å². The highest BCUT2D eigenvalue weighted by molar-refractivity contribution is 6.15. The first-order chi connectivity index (χ1) is 22.8. The van der Waals surface area contributed by atoms with Crippen molar-refractivity contribution in [3.8, 4) is 45.9 Å². The maximum absolute atomic E-state index is 10.0. The molecule has 0 amide bonds. The van der Waals surface area contributed by atoms with Gasteiger partial charge in [-0.25, -0.2) is 15.0 Å². The number of hydrogen-bond donors (Lipinski definition) is 0. The van der Waals surface area contributed by atoms with Crippen LogP contribution in [0.4, 0.5) is 0 Å². The molecule has 46 heavy (non-hydrogen) atoms. The number of para-hydroxylation sites is 3. The summed E-state index contributed by atoms with van der Waals surface area (Å²) in [5, 5.41) is 13.8. The largest absolute Gasteiger partial charge is 0.456 e. The molecule has 0 fully saturated rings. The van der Waals surface area contributed by atoms with Crippen LogP contribution in [-0.2, 0) is 0 Å². The molecule has 0 aliphatic heterocycles. The van der Waals surface area contributed by atoms with Crippen LogP contribution in [0.25, 0.3) is 83.6 Å². The number of furan rings is 1. The molecule has 6 heteroatoms. The van der Waals surface area contributed by atoms with Crippen molar-refractivity contribution < 1.29 is 4.42 Å². The van der Waals surface area contributed by atoms with Crippen LogP contribution in [0.3, 0.4) is 0 Å². The number of aromatic nitrogens is 4. The molecular weight excluding hydrogens is 566 g/mol. The number of nitriles is 1. The van der Waals surface area contributed by atoms with Gasteiger partial charge in [-0.3, -0.25) is 0 Å². The van der Waals surface area contributed by atoms with E-state index in [1.807, 2.05) is 72.8 Å². The summed E-state index contributed by atoms with van der Waals surface area (Å²) in [5.74, 6) is 1.62. The zero-order valence-electron chi connectivity index (χ0n) is 24.4. The van der Waals surface area contributed by atoms with Crippen molar-refractivity contribution in [3.63, 3.8) is 0 Å². The highest BCUT2D eigenvalue weighted by Crippen LogP contribution is 2.40. The molecule has 0 bridgehead atoms. The summed E-state index contributed by atoms with van der Waals surface area (Å²) in [5.41, 5.74) is 7.58. The van der Waals surface area contributed by atoms with E-state index in [1.165, 1.54) is 0 Å². The van der Waals surface area contributed by atoms with Crippen LogP contribution in [0.5, 0.6) is 0 Å². The highest BCUT2D eigenvalue weighted by Gasteiger charge is 2.22. The van der Waals surface area contributed by atoms with Crippen LogP contribution in [0.2, 0.25) is 0 Å². The van der Waals surface area contributed by atoms with Crippen LogP contribution < -0.4 is 0 Å². The number of hydrogen-bond acceptors (Lipinski definition) is 5. The summed E-state index contributed by atoms with van der Waals surface area (Å²) in [6.45, 7) is 0. The lowest BCUT2D eigenvalue weighted by Gasteiger charge is -2.13. The minimum Gasteiger partial charge on any atom is -0.456 e. The van der Waals surface area contributed by atoms with Crippen molar-refractivity contribution in [2.75, 3.05) is 0 Å². The molecule has 0 radical (unpaired) electrons. The van der Waals surface area contributed by atoms with Gasteiger partial charge in [0.1, 0.15) is 11.2 Å². The standard InChI is InChI=1S/C40H23N5O/c41-24-26-14-9-22-33-35(26)36-30(19-11-23-34(36)46-33)39-42-38(25-12-3-1-4-13-25)43-40(44-39)31-20-10-18-29-28-17-7-8-21-32(28)45(37(29)31)27-15-5-2-6-16-27/h1-23H. The van der Waals surface area contributed by atoms with E-state index in [-0.39, 0.29) is 0 Å². The second-order valence-electron chi connectivity index (χ2n) is 11.1.